The van der Waals surface area contributed by atoms with Crippen molar-refractivity contribution >= 4 is 9.84 Å². The summed E-state index contributed by atoms with van der Waals surface area (Å²) in [5.41, 5.74) is 0.464. The molecule has 0 fully saturated rings. The fourth-order valence-electron chi connectivity index (χ4n) is 1.65. The number of rotatable bonds is 2. The van der Waals surface area contributed by atoms with Gasteiger partial charge in [-0.3, -0.25) is 0 Å². The fraction of sp³-hybridized carbons (Fsp3) is 0.0769. The number of benzene rings is 2. The molecule has 0 amide bonds. The van der Waals surface area contributed by atoms with E-state index in [-0.39, 0.29) is 21.3 Å². The molecule has 4 nitrogen and oxygen atoms in total. The Labute approximate surface area is 105 Å². The third-order valence-electron chi connectivity index (χ3n) is 2.65. The molecule has 0 bridgehead atoms. The van der Waals surface area contributed by atoms with Crippen molar-refractivity contribution < 1.29 is 18.6 Å². The third kappa shape index (κ3) is 1.93. The first-order chi connectivity index (χ1) is 8.44. The fourth-order valence-corrected chi connectivity index (χ4v) is 3.16. The van der Waals surface area contributed by atoms with E-state index in [1.165, 1.54) is 30.3 Å². The van der Waals surface area contributed by atoms with E-state index in [9.17, 15) is 18.6 Å². The molecule has 0 atom stereocenters. The van der Waals surface area contributed by atoms with Crippen LogP contribution in [0.5, 0.6) is 11.5 Å². The number of hydrogen-bond acceptors (Lipinski definition) is 4. The van der Waals surface area contributed by atoms with E-state index in [2.05, 4.69) is 0 Å². The maximum absolute atomic E-state index is 12.3. The summed E-state index contributed by atoms with van der Waals surface area (Å²) < 4.78 is 24.6. The molecular weight excluding hydrogens is 252 g/mol. The molecule has 0 spiro atoms. The zero-order valence-corrected chi connectivity index (χ0v) is 10.5. The maximum atomic E-state index is 12.3. The van der Waals surface area contributed by atoms with E-state index in [1.54, 1.807) is 19.1 Å². The molecule has 2 N–H and O–H groups in total. The molecule has 0 saturated carbocycles. The van der Waals surface area contributed by atoms with Gasteiger partial charge in [-0.05, 0) is 30.7 Å². The van der Waals surface area contributed by atoms with Crippen LogP contribution in [0.2, 0.25) is 0 Å². The van der Waals surface area contributed by atoms with Crippen molar-refractivity contribution in [1.29, 1.82) is 0 Å². The van der Waals surface area contributed by atoms with Crippen LogP contribution in [0.3, 0.4) is 0 Å². The first-order valence-electron chi connectivity index (χ1n) is 5.26. The lowest BCUT2D eigenvalue weighted by molar-refractivity contribution is 0.450. The summed E-state index contributed by atoms with van der Waals surface area (Å²) >= 11 is 0. The van der Waals surface area contributed by atoms with E-state index in [0.29, 0.717) is 5.56 Å². The number of para-hydroxylation sites is 2. The Balaban J connectivity index is 2.71. The van der Waals surface area contributed by atoms with Crippen LogP contribution in [0, 0.1) is 6.92 Å². The molecule has 0 aromatic heterocycles. The summed E-state index contributed by atoms with van der Waals surface area (Å²) in [5.74, 6) is -0.626. The molecule has 2 aromatic rings. The van der Waals surface area contributed by atoms with Gasteiger partial charge >= 0.3 is 0 Å². The highest BCUT2D eigenvalue weighted by atomic mass is 32.2. The lowest BCUT2D eigenvalue weighted by Gasteiger charge is -2.09. The number of sulfone groups is 1. The number of aromatic hydroxyl groups is 2. The maximum Gasteiger partial charge on any atom is 0.213 e. The second kappa shape index (κ2) is 4.34. The highest BCUT2D eigenvalue weighted by Crippen LogP contribution is 2.34. The molecule has 0 heterocycles. The molecule has 5 heteroatoms. The first-order valence-corrected chi connectivity index (χ1v) is 6.74. The Hall–Kier alpha value is -2.01. The Bertz CT molecular complexity index is 690. The van der Waals surface area contributed by atoms with Crippen LogP contribution < -0.4 is 0 Å². The van der Waals surface area contributed by atoms with Crippen LogP contribution in [0.15, 0.2) is 52.3 Å². The summed E-state index contributed by atoms with van der Waals surface area (Å²) in [4.78, 5) is -0.421. The van der Waals surface area contributed by atoms with Crippen LogP contribution in [-0.4, -0.2) is 18.6 Å². The quantitative estimate of drug-likeness (QED) is 0.872. The van der Waals surface area contributed by atoms with E-state index < -0.39 is 9.84 Å². The Kier molecular flexibility index (Phi) is 3.00. The van der Waals surface area contributed by atoms with Gasteiger partial charge in [-0.1, -0.05) is 24.3 Å². The minimum absolute atomic E-state index is 0.205. The minimum Gasteiger partial charge on any atom is -0.507 e. The Morgan fingerprint density at radius 1 is 0.889 bits per heavy atom. The van der Waals surface area contributed by atoms with Crippen molar-refractivity contribution in [3.63, 3.8) is 0 Å². The number of phenols is 2. The zero-order chi connectivity index (χ0) is 13.3. The van der Waals surface area contributed by atoms with E-state index in [1.807, 2.05) is 0 Å². The summed E-state index contributed by atoms with van der Waals surface area (Å²) in [5, 5.41) is 19.4. The summed E-state index contributed by atoms with van der Waals surface area (Å²) in [6.45, 7) is 1.61. The van der Waals surface area contributed by atoms with Gasteiger partial charge in [-0.15, -0.1) is 0 Å². The number of aryl methyl sites for hydroxylation is 1. The van der Waals surface area contributed by atoms with Gasteiger partial charge in [0.1, 0.15) is 21.3 Å². The lowest BCUT2D eigenvalue weighted by atomic mass is 10.2. The SMILES string of the molecule is Cc1cccc(S(=O)(=O)c2ccccc2O)c1O. The van der Waals surface area contributed by atoms with E-state index >= 15 is 0 Å². The standard InChI is InChI=1S/C13H12O4S/c1-9-5-4-8-12(13(9)15)18(16,17)11-7-3-2-6-10(11)14/h2-8,14-15H,1H3. The van der Waals surface area contributed by atoms with Gasteiger partial charge in [-0.2, -0.15) is 0 Å². The highest BCUT2D eigenvalue weighted by molar-refractivity contribution is 7.91. The second-order valence-corrected chi connectivity index (χ2v) is 5.78. The monoisotopic (exact) mass is 264 g/mol. The first kappa shape index (κ1) is 12.4. The van der Waals surface area contributed by atoms with Crippen molar-refractivity contribution in [3.8, 4) is 11.5 Å². The molecular formula is C13H12O4S. The average Bonchev–Trinajstić information content (AvgIpc) is 2.32. The highest BCUT2D eigenvalue weighted by Gasteiger charge is 2.24. The van der Waals surface area contributed by atoms with Crippen LogP contribution in [0.1, 0.15) is 5.56 Å². The normalized spacial score (nSPS) is 11.4. The number of phenolic OH excluding ortho intramolecular Hbond substituents is 2. The van der Waals surface area contributed by atoms with Gasteiger partial charge in [0.2, 0.25) is 9.84 Å². The zero-order valence-electron chi connectivity index (χ0n) is 9.66. The van der Waals surface area contributed by atoms with Crippen molar-refractivity contribution in [2.45, 2.75) is 16.7 Å². The van der Waals surface area contributed by atoms with Crippen molar-refractivity contribution in [2.24, 2.45) is 0 Å². The largest absolute Gasteiger partial charge is 0.507 e. The lowest BCUT2D eigenvalue weighted by Crippen LogP contribution is -2.03. The van der Waals surface area contributed by atoms with Gasteiger partial charge in [0.15, 0.2) is 0 Å². The molecule has 0 unspecified atom stereocenters. The molecule has 2 aromatic carbocycles. The summed E-state index contributed by atoms with van der Waals surface area (Å²) in [6, 6.07) is 10.1. The molecule has 94 valence electrons. The van der Waals surface area contributed by atoms with Crippen molar-refractivity contribution in [2.75, 3.05) is 0 Å². The third-order valence-corrected chi connectivity index (χ3v) is 4.48. The van der Waals surface area contributed by atoms with E-state index in [0.717, 1.165) is 0 Å². The topological polar surface area (TPSA) is 74.6 Å². The van der Waals surface area contributed by atoms with Crippen LogP contribution in [0.25, 0.3) is 0 Å². The molecule has 0 saturated heterocycles. The van der Waals surface area contributed by atoms with Gasteiger partial charge in [0.05, 0.1) is 0 Å². The molecule has 0 aliphatic heterocycles. The predicted molar refractivity (Wildman–Crippen MR) is 66.4 cm³/mol. The van der Waals surface area contributed by atoms with Crippen LogP contribution >= 0.6 is 0 Å². The van der Waals surface area contributed by atoms with Crippen molar-refractivity contribution in [3.05, 3.63) is 48.0 Å². The van der Waals surface area contributed by atoms with Crippen molar-refractivity contribution in [1.82, 2.24) is 0 Å². The second-order valence-electron chi connectivity index (χ2n) is 3.89. The van der Waals surface area contributed by atoms with E-state index in [4.69, 9.17) is 0 Å². The minimum atomic E-state index is -3.92. The van der Waals surface area contributed by atoms with Gasteiger partial charge in [-0.25, -0.2) is 8.42 Å². The van der Waals surface area contributed by atoms with Crippen LogP contribution in [-0.2, 0) is 9.84 Å². The number of hydrogen-bond donors (Lipinski definition) is 2. The predicted octanol–water partition coefficient (Wildman–Crippen LogP) is 2.24. The van der Waals surface area contributed by atoms with Crippen LogP contribution in [0.4, 0.5) is 0 Å². The van der Waals surface area contributed by atoms with Gasteiger partial charge in [0.25, 0.3) is 0 Å². The van der Waals surface area contributed by atoms with Gasteiger partial charge < -0.3 is 10.2 Å². The molecule has 0 radical (unpaired) electrons. The summed E-state index contributed by atoms with van der Waals surface area (Å²) in [7, 11) is -3.92. The Morgan fingerprint density at radius 2 is 1.50 bits per heavy atom. The average molecular weight is 264 g/mol. The van der Waals surface area contributed by atoms with Gasteiger partial charge in [0, 0.05) is 0 Å². The molecule has 2 rings (SSSR count). The molecule has 0 aliphatic carbocycles. The molecule has 0 aliphatic rings. The smallest absolute Gasteiger partial charge is 0.213 e. The summed E-state index contributed by atoms with van der Waals surface area (Å²) in [6.07, 6.45) is 0. The molecule has 18 heavy (non-hydrogen) atoms. The Morgan fingerprint density at radius 3 is 2.17 bits per heavy atom.